The molecule has 0 radical (unpaired) electrons. The van der Waals surface area contributed by atoms with Gasteiger partial charge in [-0.15, -0.1) is 0 Å². The van der Waals surface area contributed by atoms with Crippen molar-refractivity contribution in [1.82, 2.24) is 15.2 Å². The van der Waals surface area contributed by atoms with Crippen LogP contribution in [0.1, 0.15) is 28.8 Å². The van der Waals surface area contributed by atoms with Gasteiger partial charge in [0, 0.05) is 61.0 Å². The fourth-order valence-corrected chi connectivity index (χ4v) is 4.60. The SMILES string of the molecule is O=C(c1cccc(-c2cnc3c(c2Cl)C2(CC2)CN3)c1F)N1CCNCC1. The number of carbonyl (C=O) groups is 1. The number of hydrogen-bond acceptors (Lipinski definition) is 4. The van der Waals surface area contributed by atoms with E-state index in [0.717, 1.165) is 43.9 Å². The molecule has 140 valence electrons. The van der Waals surface area contributed by atoms with Crippen LogP contribution in [0, 0.1) is 5.82 Å². The Morgan fingerprint density at radius 3 is 2.74 bits per heavy atom. The Balaban J connectivity index is 1.56. The zero-order valence-electron chi connectivity index (χ0n) is 14.8. The van der Waals surface area contributed by atoms with Crippen LogP contribution in [0.4, 0.5) is 10.2 Å². The van der Waals surface area contributed by atoms with Crippen LogP contribution in [0.5, 0.6) is 0 Å². The van der Waals surface area contributed by atoms with Gasteiger partial charge in [-0.2, -0.15) is 0 Å². The monoisotopic (exact) mass is 386 g/mol. The molecular formula is C20H20ClFN4O. The first-order valence-corrected chi connectivity index (χ1v) is 9.70. The van der Waals surface area contributed by atoms with E-state index in [1.165, 1.54) is 0 Å². The molecule has 3 aliphatic rings. The van der Waals surface area contributed by atoms with Crippen molar-refractivity contribution in [3.05, 3.63) is 46.4 Å². The van der Waals surface area contributed by atoms with Crippen LogP contribution in [-0.2, 0) is 5.41 Å². The Morgan fingerprint density at radius 2 is 2.00 bits per heavy atom. The minimum absolute atomic E-state index is 0.0557. The lowest BCUT2D eigenvalue weighted by Crippen LogP contribution is -2.46. The van der Waals surface area contributed by atoms with Gasteiger partial charge in [0.05, 0.1) is 10.6 Å². The molecule has 2 aliphatic heterocycles. The van der Waals surface area contributed by atoms with Crippen molar-refractivity contribution in [3.63, 3.8) is 0 Å². The number of fused-ring (bicyclic) bond motifs is 2. The molecule has 1 aromatic heterocycles. The number of hydrogen-bond donors (Lipinski definition) is 2. The molecule has 27 heavy (non-hydrogen) atoms. The highest BCUT2D eigenvalue weighted by Crippen LogP contribution is 2.57. The Kier molecular flexibility index (Phi) is 3.88. The van der Waals surface area contributed by atoms with Crippen LogP contribution in [0.15, 0.2) is 24.4 Å². The van der Waals surface area contributed by atoms with Crippen molar-refractivity contribution in [2.45, 2.75) is 18.3 Å². The molecule has 3 heterocycles. The van der Waals surface area contributed by atoms with E-state index in [1.54, 1.807) is 29.3 Å². The molecule has 1 aliphatic carbocycles. The number of aromatic nitrogens is 1. The van der Waals surface area contributed by atoms with Crippen molar-refractivity contribution in [3.8, 4) is 11.1 Å². The highest BCUT2D eigenvalue weighted by molar-refractivity contribution is 6.34. The number of pyridine rings is 1. The summed E-state index contributed by atoms with van der Waals surface area (Å²) < 4.78 is 15.3. The third kappa shape index (κ3) is 2.62. The predicted molar refractivity (Wildman–Crippen MR) is 103 cm³/mol. The van der Waals surface area contributed by atoms with E-state index in [-0.39, 0.29) is 16.9 Å². The van der Waals surface area contributed by atoms with Gasteiger partial charge in [-0.1, -0.05) is 23.7 Å². The quantitative estimate of drug-likeness (QED) is 0.833. The van der Waals surface area contributed by atoms with E-state index in [4.69, 9.17) is 11.6 Å². The number of carbonyl (C=O) groups excluding carboxylic acids is 1. The summed E-state index contributed by atoms with van der Waals surface area (Å²) in [5.74, 6) is -0.00314. The molecule has 5 rings (SSSR count). The summed E-state index contributed by atoms with van der Waals surface area (Å²) in [5, 5.41) is 7.05. The van der Waals surface area contributed by atoms with Gasteiger partial charge in [0.1, 0.15) is 11.6 Å². The zero-order valence-corrected chi connectivity index (χ0v) is 15.6. The van der Waals surface area contributed by atoms with Gasteiger partial charge in [0.25, 0.3) is 5.91 Å². The van der Waals surface area contributed by atoms with E-state index < -0.39 is 5.82 Å². The molecule has 1 aromatic carbocycles. The summed E-state index contributed by atoms with van der Waals surface area (Å²) in [7, 11) is 0. The predicted octanol–water partition coefficient (Wildman–Crippen LogP) is 3.04. The van der Waals surface area contributed by atoms with Gasteiger partial charge < -0.3 is 15.5 Å². The van der Waals surface area contributed by atoms with Crippen molar-refractivity contribution >= 4 is 23.3 Å². The molecule has 0 atom stereocenters. The molecule has 1 saturated heterocycles. The van der Waals surface area contributed by atoms with Crippen molar-refractivity contribution in [1.29, 1.82) is 0 Å². The van der Waals surface area contributed by atoms with E-state index in [9.17, 15) is 4.79 Å². The molecule has 0 unspecified atom stereocenters. The summed E-state index contributed by atoms with van der Waals surface area (Å²) in [6.07, 6.45) is 3.75. The second kappa shape index (κ2) is 6.17. The van der Waals surface area contributed by atoms with Crippen LogP contribution in [0.3, 0.4) is 0 Å². The molecular weight excluding hydrogens is 367 g/mol. The summed E-state index contributed by atoms with van der Waals surface area (Å²) in [4.78, 5) is 18.9. The number of nitrogens with one attached hydrogen (secondary N) is 2. The highest BCUT2D eigenvalue weighted by atomic mass is 35.5. The largest absolute Gasteiger partial charge is 0.369 e. The van der Waals surface area contributed by atoms with Gasteiger partial charge in [-0.25, -0.2) is 9.37 Å². The zero-order chi connectivity index (χ0) is 18.6. The van der Waals surface area contributed by atoms with Crippen LogP contribution in [-0.4, -0.2) is 48.5 Å². The van der Waals surface area contributed by atoms with Gasteiger partial charge in [0.2, 0.25) is 0 Å². The minimum Gasteiger partial charge on any atom is -0.369 e. The van der Waals surface area contributed by atoms with Gasteiger partial charge >= 0.3 is 0 Å². The number of nitrogens with zero attached hydrogens (tertiary/aromatic N) is 2. The van der Waals surface area contributed by atoms with E-state index >= 15 is 4.39 Å². The standard InChI is InChI=1S/C20H20ClFN4O/c21-16-14(10-24-18-15(16)20(4-5-20)11-25-18)12-2-1-3-13(17(12)22)19(27)26-8-6-23-7-9-26/h1-3,10,23H,4-9,11H2,(H,24,25). The van der Waals surface area contributed by atoms with Crippen molar-refractivity contribution in [2.75, 3.05) is 38.0 Å². The smallest absolute Gasteiger partial charge is 0.256 e. The third-order valence-corrected chi connectivity index (χ3v) is 6.31. The lowest BCUT2D eigenvalue weighted by molar-refractivity contribution is 0.0731. The van der Waals surface area contributed by atoms with E-state index in [2.05, 4.69) is 15.6 Å². The summed E-state index contributed by atoms with van der Waals surface area (Å²) in [6.45, 7) is 3.45. The lowest BCUT2D eigenvalue weighted by Gasteiger charge is -2.27. The summed E-state index contributed by atoms with van der Waals surface area (Å²) in [5.41, 5.74) is 2.03. The fourth-order valence-electron chi connectivity index (χ4n) is 4.16. The van der Waals surface area contributed by atoms with Gasteiger partial charge in [0.15, 0.2) is 0 Å². The Morgan fingerprint density at radius 1 is 1.22 bits per heavy atom. The molecule has 7 heteroatoms. The molecule has 1 saturated carbocycles. The number of piperazine rings is 1. The van der Waals surface area contributed by atoms with Crippen LogP contribution >= 0.6 is 11.6 Å². The van der Waals surface area contributed by atoms with Gasteiger partial charge in [-0.3, -0.25) is 4.79 Å². The molecule has 0 bridgehead atoms. The average Bonchev–Trinajstić information content (AvgIpc) is 3.37. The van der Waals surface area contributed by atoms with Crippen LogP contribution in [0.2, 0.25) is 5.02 Å². The molecule has 2 fully saturated rings. The van der Waals surface area contributed by atoms with Crippen LogP contribution < -0.4 is 10.6 Å². The molecule has 1 amide bonds. The van der Waals surface area contributed by atoms with Gasteiger partial charge in [-0.05, 0) is 18.9 Å². The van der Waals surface area contributed by atoms with Crippen molar-refractivity contribution < 1.29 is 9.18 Å². The number of amides is 1. The number of benzene rings is 1. The second-order valence-corrected chi connectivity index (χ2v) is 7.93. The first-order valence-electron chi connectivity index (χ1n) is 9.32. The molecule has 2 N–H and O–H groups in total. The molecule has 5 nitrogen and oxygen atoms in total. The maximum Gasteiger partial charge on any atom is 0.256 e. The summed E-state index contributed by atoms with van der Waals surface area (Å²) in [6, 6.07) is 4.92. The van der Waals surface area contributed by atoms with Crippen LogP contribution in [0.25, 0.3) is 11.1 Å². The highest BCUT2D eigenvalue weighted by Gasteiger charge is 2.51. The van der Waals surface area contributed by atoms with E-state index in [1.807, 2.05) is 0 Å². The molecule has 1 spiro atoms. The Bertz CT molecular complexity index is 938. The number of rotatable bonds is 2. The first-order chi connectivity index (χ1) is 13.1. The minimum atomic E-state index is -0.527. The lowest BCUT2D eigenvalue weighted by atomic mass is 9.95. The number of anilines is 1. The Hall–Kier alpha value is -2.18. The first kappa shape index (κ1) is 17.0. The number of halogens is 2. The van der Waals surface area contributed by atoms with Crippen molar-refractivity contribution in [2.24, 2.45) is 0 Å². The molecule has 2 aromatic rings. The second-order valence-electron chi connectivity index (χ2n) is 7.55. The normalized spacial score (nSPS) is 19.7. The third-order valence-electron chi connectivity index (χ3n) is 5.92. The van der Waals surface area contributed by atoms with E-state index in [0.29, 0.717) is 29.2 Å². The fraction of sp³-hybridized carbons (Fsp3) is 0.400. The average molecular weight is 387 g/mol. The Labute approximate surface area is 161 Å². The maximum atomic E-state index is 15.3. The maximum absolute atomic E-state index is 15.3. The summed E-state index contributed by atoms with van der Waals surface area (Å²) >= 11 is 6.72. The topological polar surface area (TPSA) is 57.3 Å².